The fourth-order valence-corrected chi connectivity index (χ4v) is 3.90. The Morgan fingerprint density at radius 3 is 2.35 bits per heavy atom. The maximum absolute atomic E-state index is 12.9. The summed E-state index contributed by atoms with van der Waals surface area (Å²) in [4.78, 5) is 14.4. The fourth-order valence-electron chi connectivity index (χ4n) is 2.51. The standard InChI is InChI=1S/C17H24FNO3S/c1-17(2,3)22-16(20)19-10-8-13(9-11-19)12-23(21)15-6-4-14(18)5-7-15/h4-7,13H,8-12H2,1-3H3. The molecule has 23 heavy (non-hydrogen) atoms. The number of halogens is 1. The summed E-state index contributed by atoms with van der Waals surface area (Å²) in [6, 6.07) is 5.80. The van der Waals surface area contributed by atoms with Gasteiger partial charge in [0, 0.05) is 23.7 Å². The van der Waals surface area contributed by atoms with Gasteiger partial charge in [0.25, 0.3) is 0 Å². The summed E-state index contributed by atoms with van der Waals surface area (Å²) in [6.07, 6.45) is 1.34. The van der Waals surface area contributed by atoms with Gasteiger partial charge < -0.3 is 9.64 Å². The number of piperidine rings is 1. The maximum Gasteiger partial charge on any atom is 0.410 e. The molecule has 0 radical (unpaired) electrons. The van der Waals surface area contributed by atoms with Crippen LogP contribution in [0.5, 0.6) is 0 Å². The zero-order chi connectivity index (χ0) is 17.0. The molecule has 2 rings (SSSR count). The summed E-state index contributed by atoms with van der Waals surface area (Å²) in [7, 11) is -1.13. The highest BCUT2D eigenvalue weighted by atomic mass is 32.2. The van der Waals surface area contributed by atoms with Gasteiger partial charge in [0.15, 0.2) is 0 Å². The first-order valence-corrected chi connectivity index (χ1v) is 9.18. The van der Waals surface area contributed by atoms with Crippen molar-refractivity contribution in [2.75, 3.05) is 18.8 Å². The highest BCUT2D eigenvalue weighted by Crippen LogP contribution is 2.22. The number of likely N-dealkylation sites (tertiary alicyclic amines) is 1. The third kappa shape index (κ3) is 5.61. The first-order chi connectivity index (χ1) is 10.7. The zero-order valence-corrected chi connectivity index (χ0v) is 14.7. The maximum atomic E-state index is 12.9. The minimum Gasteiger partial charge on any atom is -0.444 e. The second kappa shape index (κ2) is 7.43. The van der Waals surface area contributed by atoms with Gasteiger partial charge in [-0.2, -0.15) is 0 Å². The van der Waals surface area contributed by atoms with Crippen LogP contribution in [0.4, 0.5) is 9.18 Å². The van der Waals surface area contributed by atoms with Crippen LogP contribution in [0.3, 0.4) is 0 Å². The molecule has 4 nitrogen and oxygen atoms in total. The van der Waals surface area contributed by atoms with Crippen molar-refractivity contribution in [2.24, 2.45) is 5.92 Å². The van der Waals surface area contributed by atoms with Gasteiger partial charge in [-0.1, -0.05) is 0 Å². The van der Waals surface area contributed by atoms with E-state index < -0.39 is 16.4 Å². The lowest BCUT2D eigenvalue weighted by Gasteiger charge is -2.33. The van der Waals surface area contributed by atoms with E-state index in [-0.39, 0.29) is 11.9 Å². The molecule has 1 aliphatic rings. The summed E-state index contributed by atoms with van der Waals surface area (Å²) in [5.41, 5.74) is -0.488. The molecule has 0 bridgehead atoms. The zero-order valence-electron chi connectivity index (χ0n) is 13.9. The Morgan fingerprint density at radius 2 is 1.83 bits per heavy atom. The lowest BCUT2D eigenvalue weighted by Crippen LogP contribution is -2.42. The minimum atomic E-state index is -1.13. The quantitative estimate of drug-likeness (QED) is 0.844. The van der Waals surface area contributed by atoms with Crippen LogP contribution in [0.15, 0.2) is 29.2 Å². The van der Waals surface area contributed by atoms with Crippen LogP contribution in [-0.4, -0.2) is 39.6 Å². The summed E-state index contributed by atoms with van der Waals surface area (Å²) in [5.74, 6) is 0.532. The summed E-state index contributed by atoms with van der Waals surface area (Å²) >= 11 is 0. The first kappa shape index (κ1) is 17.9. The van der Waals surface area contributed by atoms with Crippen LogP contribution in [0.1, 0.15) is 33.6 Å². The van der Waals surface area contributed by atoms with E-state index in [9.17, 15) is 13.4 Å². The summed E-state index contributed by atoms with van der Waals surface area (Å²) in [5, 5.41) is 0. The smallest absolute Gasteiger partial charge is 0.410 e. The molecule has 1 fully saturated rings. The number of rotatable bonds is 3. The predicted octanol–water partition coefficient (Wildman–Crippen LogP) is 3.58. The largest absolute Gasteiger partial charge is 0.444 e. The molecule has 0 aromatic heterocycles. The van der Waals surface area contributed by atoms with Crippen molar-refractivity contribution in [3.8, 4) is 0 Å². The molecule has 6 heteroatoms. The van der Waals surface area contributed by atoms with Crippen molar-refractivity contribution in [2.45, 2.75) is 44.1 Å². The van der Waals surface area contributed by atoms with Gasteiger partial charge in [-0.15, -0.1) is 0 Å². The van der Waals surface area contributed by atoms with Crippen molar-refractivity contribution in [1.82, 2.24) is 4.90 Å². The summed E-state index contributed by atoms with van der Waals surface area (Å²) < 4.78 is 30.6. The Balaban J connectivity index is 1.81. The highest BCUT2D eigenvalue weighted by molar-refractivity contribution is 7.85. The van der Waals surface area contributed by atoms with Crippen LogP contribution >= 0.6 is 0 Å². The van der Waals surface area contributed by atoms with Crippen molar-refractivity contribution in [1.29, 1.82) is 0 Å². The Hall–Kier alpha value is -1.43. The summed E-state index contributed by atoms with van der Waals surface area (Å²) in [6.45, 7) is 6.80. The van der Waals surface area contributed by atoms with Crippen LogP contribution < -0.4 is 0 Å². The highest BCUT2D eigenvalue weighted by Gasteiger charge is 2.27. The van der Waals surface area contributed by atoms with E-state index in [2.05, 4.69) is 0 Å². The molecule has 1 saturated heterocycles. The van der Waals surface area contributed by atoms with Gasteiger partial charge in [-0.3, -0.25) is 4.21 Å². The van der Waals surface area contributed by atoms with Crippen LogP contribution in [0.25, 0.3) is 0 Å². The van der Waals surface area contributed by atoms with E-state index in [0.717, 1.165) is 12.8 Å². The monoisotopic (exact) mass is 341 g/mol. The molecule has 0 N–H and O–H groups in total. The number of ether oxygens (including phenoxy) is 1. The fraction of sp³-hybridized carbons (Fsp3) is 0.588. The lowest BCUT2D eigenvalue weighted by atomic mass is 9.99. The molecular weight excluding hydrogens is 317 g/mol. The molecular formula is C17H24FNO3S. The Labute approximate surface area is 139 Å². The molecule has 1 aliphatic heterocycles. The molecule has 1 amide bonds. The molecule has 128 valence electrons. The number of carbonyl (C=O) groups is 1. The molecule has 1 aromatic rings. The molecule has 1 aromatic carbocycles. The minimum absolute atomic E-state index is 0.282. The molecule has 1 heterocycles. The second-order valence-electron chi connectivity index (χ2n) is 6.88. The number of hydrogen-bond donors (Lipinski definition) is 0. The number of hydrogen-bond acceptors (Lipinski definition) is 3. The normalized spacial score (nSPS) is 17.8. The van der Waals surface area contributed by atoms with E-state index in [1.165, 1.54) is 12.1 Å². The Kier molecular flexibility index (Phi) is 5.79. The average Bonchev–Trinajstić information content (AvgIpc) is 2.46. The second-order valence-corrected chi connectivity index (χ2v) is 8.37. The lowest BCUT2D eigenvalue weighted by molar-refractivity contribution is 0.0191. The molecule has 1 unspecified atom stereocenters. The third-order valence-corrected chi connectivity index (χ3v) is 5.30. The number of carbonyl (C=O) groups excluding carboxylic acids is 1. The van der Waals surface area contributed by atoms with E-state index in [1.54, 1.807) is 17.0 Å². The molecule has 0 spiro atoms. The van der Waals surface area contributed by atoms with Gasteiger partial charge in [0.1, 0.15) is 11.4 Å². The van der Waals surface area contributed by atoms with Gasteiger partial charge in [-0.05, 0) is 63.8 Å². The topological polar surface area (TPSA) is 46.6 Å². The van der Waals surface area contributed by atoms with Crippen molar-refractivity contribution in [3.05, 3.63) is 30.1 Å². The van der Waals surface area contributed by atoms with Gasteiger partial charge in [-0.25, -0.2) is 9.18 Å². The predicted molar refractivity (Wildman–Crippen MR) is 88.2 cm³/mol. The third-order valence-electron chi connectivity index (χ3n) is 3.73. The number of amides is 1. The van der Waals surface area contributed by atoms with Crippen molar-refractivity contribution >= 4 is 16.9 Å². The Bertz CT molecular complexity index is 560. The van der Waals surface area contributed by atoms with Crippen molar-refractivity contribution < 1.29 is 18.1 Å². The average molecular weight is 341 g/mol. The van der Waals surface area contributed by atoms with Crippen LogP contribution in [0, 0.1) is 11.7 Å². The van der Waals surface area contributed by atoms with E-state index >= 15 is 0 Å². The van der Waals surface area contributed by atoms with Crippen LogP contribution in [-0.2, 0) is 15.5 Å². The molecule has 0 aliphatic carbocycles. The Morgan fingerprint density at radius 1 is 1.26 bits per heavy atom. The van der Waals surface area contributed by atoms with E-state index in [1.807, 2.05) is 20.8 Å². The SMILES string of the molecule is CC(C)(C)OC(=O)N1CCC(CS(=O)c2ccc(F)cc2)CC1. The van der Waals surface area contributed by atoms with E-state index in [0.29, 0.717) is 29.7 Å². The van der Waals surface area contributed by atoms with E-state index in [4.69, 9.17) is 4.74 Å². The number of nitrogens with zero attached hydrogens (tertiary/aromatic N) is 1. The van der Waals surface area contributed by atoms with Gasteiger partial charge >= 0.3 is 6.09 Å². The molecule has 0 saturated carbocycles. The van der Waals surface area contributed by atoms with Gasteiger partial charge in [0.2, 0.25) is 0 Å². The van der Waals surface area contributed by atoms with Crippen LogP contribution in [0.2, 0.25) is 0 Å². The van der Waals surface area contributed by atoms with Crippen molar-refractivity contribution in [3.63, 3.8) is 0 Å². The number of benzene rings is 1. The first-order valence-electron chi connectivity index (χ1n) is 7.86. The van der Waals surface area contributed by atoms with Gasteiger partial charge in [0.05, 0.1) is 10.8 Å². The molecule has 1 atom stereocenters.